The van der Waals surface area contributed by atoms with Gasteiger partial charge in [0.1, 0.15) is 18.2 Å². The molecular weight excluding hydrogens is 400 g/mol. The van der Waals surface area contributed by atoms with E-state index in [-0.39, 0.29) is 15.6 Å². The molecular formula is C13H9BrCl2FN3O2. The van der Waals surface area contributed by atoms with Crippen molar-refractivity contribution < 1.29 is 14.3 Å². The van der Waals surface area contributed by atoms with E-state index in [2.05, 4.69) is 31.2 Å². The van der Waals surface area contributed by atoms with Gasteiger partial charge in [0.25, 0.3) is 5.91 Å². The van der Waals surface area contributed by atoms with Crippen LogP contribution >= 0.6 is 39.1 Å². The first kappa shape index (κ1) is 17.1. The number of alkyl halides is 2. The molecule has 2 aromatic rings. The third-order valence-electron chi connectivity index (χ3n) is 2.71. The van der Waals surface area contributed by atoms with E-state index in [1.165, 1.54) is 30.9 Å². The summed E-state index contributed by atoms with van der Waals surface area (Å²) in [7, 11) is 0. The average Bonchev–Trinajstić information content (AvgIpc) is 2.49. The maximum Gasteiger partial charge on any atom is 0.256 e. The van der Waals surface area contributed by atoms with Gasteiger partial charge in [-0.3, -0.25) is 4.79 Å². The van der Waals surface area contributed by atoms with Gasteiger partial charge in [0.2, 0.25) is 4.46 Å². The highest BCUT2D eigenvalue weighted by Gasteiger charge is 2.37. The second-order valence-corrected chi connectivity index (χ2v) is 6.52. The van der Waals surface area contributed by atoms with Gasteiger partial charge >= 0.3 is 0 Å². The Morgan fingerprint density at radius 2 is 2.00 bits per heavy atom. The van der Waals surface area contributed by atoms with Crippen LogP contribution in [0.15, 0.2) is 41.4 Å². The van der Waals surface area contributed by atoms with Crippen molar-refractivity contribution in [3.05, 3.63) is 58.3 Å². The van der Waals surface area contributed by atoms with E-state index in [0.29, 0.717) is 0 Å². The van der Waals surface area contributed by atoms with Gasteiger partial charge in [0, 0.05) is 12.4 Å². The fraction of sp³-hybridized carbons (Fsp3) is 0.154. The fourth-order valence-corrected chi connectivity index (χ4v) is 2.27. The van der Waals surface area contributed by atoms with Gasteiger partial charge in [-0.05, 0) is 33.6 Å². The second kappa shape index (κ2) is 6.87. The molecule has 0 fully saturated rings. The monoisotopic (exact) mass is 407 g/mol. The van der Waals surface area contributed by atoms with Crippen molar-refractivity contribution in [2.24, 2.45) is 0 Å². The number of aliphatic hydroxyl groups excluding tert-OH is 1. The molecule has 1 heterocycles. The Bertz CT molecular complexity index is 688. The van der Waals surface area contributed by atoms with E-state index < -0.39 is 22.3 Å². The number of hydrogen-bond donors (Lipinski definition) is 2. The van der Waals surface area contributed by atoms with Crippen molar-refractivity contribution in [2.45, 2.75) is 10.6 Å². The molecule has 1 unspecified atom stereocenters. The summed E-state index contributed by atoms with van der Waals surface area (Å²) in [4.78, 5) is 19.3. The molecule has 0 radical (unpaired) electrons. The largest absolute Gasteiger partial charge is 0.383 e. The number of hydrogen-bond acceptors (Lipinski definition) is 4. The van der Waals surface area contributed by atoms with Gasteiger partial charge in [0.15, 0.2) is 0 Å². The van der Waals surface area contributed by atoms with Crippen molar-refractivity contribution in [2.75, 3.05) is 0 Å². The van der Waals surface area contributed by atoms with Crippen LogP contribution in [0.25, 0.3) is 0 Å². The zero-order valence-corrected chi connectivity index (χ0v) is 13.9. The normalized spacial score (nSPS) is 12.8. The Morgan fingerprint density at radius 1 is 1.36 bits per heavy atom. The van der Waals surface area contributed by atoms with Crippen molar-refractivity contribution in [1.82, 2.24) is 15.3 Å². The van der Waals surface area contributed by atoms with Crippen LogP contribution in [-0.4, -0.2) is 25.4 Å². The van der Waals surface area contributed by atoms with E-state index in [0.717, 1.165) is 6.07 Å². The van der Waals surface area contributed by atoms with Crippen molar-refractivity contribution in [3.63, 3.8) is 0 Å². The van der Waals surface area contributed by atoms with Crippen LogP contribution in [0.3, 0.4) is 0 Å². The summed E-state index contributed by atoms with van der Waals surface area (Å²) < 4.78 is 11.7. The molecule has 116 valence electrons. The summed E-state index contributed by atoms with van der Waals surface area (Å²) in [6, 6.07) is 3.88. The minimum atomic E-state index is -2.06. The number of aliphatic hydroxyl groups is 1. The van der Waals surface area contributed by atoms with Crippen molar-refractivity contribution in [1.29, 1.82) is 0 Å². The van der Waals surface area contributed by atoms with Gasteiger partial charge in [0.05, 0.1) is 10.0 Å². The van der Waals surface area contributed by atoms with E-state index in [1.54, 1.807) is 0 Å². The van der Waals surface area contributed by atoms with Crippen LogP contribution in [0, 0.1) is 5.82 Å². The molecule has 0 saturated heterocycles. The van der Waals surface area contributed by atoms with Crippen LogP contribution in [0.4, 0.5) is 4.39 Å². The fourth-order valence-electron chi connectivity index (χ4n) is 1.60. The van der Waals surface area contributed by atoms with Crippen LogP contribution in [0.5, 0.6) is 0 Å². The van der Waals surface area contributed by atoms with Crippen molar-refractivity contribution in [3.8, 4) is 0 Å². The molecule has 22 heavy (non-hydrogen) atoms. The number of halogens is 4. The number of benzene rings is 1. The summed E-state index contributed by atoms with van der Waals surface area (Å²) in [5.41, 5.74) is 0.220. The lowest BCUT2D eigenvalue weighted by molar-refractivity contribution is 0.0866. The maximum atomic E-state index is 13.5. The summed E-state index contributed by atoms with van der Waals surface area (Å²) in [6.45, 7) is 0. The molecule has 0 saturated carbocycles. The lowest BCUT2D eigenvalue weighted by Crippen LogP contribution is -2.44. The standard InChI is InChI=1S/C13H9BrCl2FN3O2/c14-9-2-1-7(3-10(9)17)11(21)13(15,16)20-12(22)8-4-18-6-19-5-8/h1-6,11,21H,(H,20,22). The Morgan fingerprint density at radius 3 is 2.59 bits per heavy atom. The first-order valence-corrected chi connectivity index (χ1v) is 7.44. The minimum Gasteiger partial charge on any atom is -0.383 e. The molecule has 2 N–H and O–H groups in total. The lowest BCUT2D eigenvalue weighted by atomic mass is 10.1. The minimum absolute atomic E-state index is 0.107. The Balaban J connectivity index is 2.18. The Labute approximate surface area is 143 Å². The number of nitrogens with one attached hydrogen (secondary N) is 1. The molecule has 0 spiro atoms. The molecule has 5 nitrogen and oxygen atoms in total. The third-order valence-corrected chi connectivity index (χ3v) is 3.95. The number of carbonyl (C=O) groups is 1. The molecule has 0 bridgehead atoms. The smallest absolute Gasteiger partial charge is 0.256 e. The Hall–Kier alpha value is -1.28. The molecule has 0 aliphatic rings. The van der Waals surface area contributed by atoms with E-state index in [1.807, 2.05) is 0 Å². The summed E-state index contributed by atoms with van der Waals surface area (Å²) in [6.07, 6.45) is 2.23. The van der Waals surface area contributed by atoms with Gasteiger partial charge in [-0.2, -0.15) is 0 Å². The predicted octanol–water partition coefficient (Wildman–Crippen LogP) is 2.97. The highest BCUT2D eigenvalue weighted by atomic mass is 79.9. The average molecular weight is 409 g/mol. The number of rotatable bonds is 4. The number of amides is 1. The van der Waals surface area contributed by atoms with Crippen LogP contribution in [0.2, 0.25) is 0 Å². The van der Waals surface area contributed by atoms with Gasteiger partial charge in [-0.25, -0.2) is 14.4 Å². The summed E-state index contributed by atoms with van der Waals surface area (Å²) in [5.74, 6) is -1.27. The highest BCUT2D eigenvalue weighted by Crippen LogP contribution is 2.35. The molecule has 1 aromatic heterocycles. The third kappa shape index (κ3) is 3.92. The van der Waals surface area contributed by atoms with Crippen LogP contribution in [0.1, 0.15) is 22.0 Å². The number of aromatic nitrogens is 2. The summed E-state index contributed by atoms with van der Waals surface area (Å²) >= 11 is 14.9. The van der Waals surface area contributed by atoms with Crippen LogP contribution in [-0.2, 0) is 0 Å². The molecule has 2 rings (SSSR count). The lowest BCUT2D eigenvalue weighted by Gasteiger charge is -2.27. The first-order valence-electron chi connectivity index (χ1n) is 5.89. The summed E-state index contributed by atoms with van der Waals surface area (Å²) in [5, 5.41) is 12.4. The number of nitrogens with zero attached hydrogens (tertiary/aromatic N) is 2. The van der Waals surface area contributed by atoms with Gasteiger partial charge in [-0.1, -0.05) is 29.3 Å². The van der Waals surface area contributed by atoms with Gasteiger partial charge < -0.3 is 10.4 Å². The maximum absolute atomic E-state index is 13.5. The van der Waals surface area contributed by atoms with Crippen molar-refractivity contribution >= 4 is 45.0 Å². The molecule has 9 heteroatoms. The van der Waals surface area contributed by atoms with Gasteiger partial charge in [-0.15, -0.1) is 0 Å². The topological polar surface area (TPSA) is 75.1 Å². The number of carbonyl (C=O) groups excluding carboxylic acids is 1. The second-order valence-electron chi connectivity index (χ2n) is 4.28. The SMILES string of the molecule is O=C(NC(Cl)(Cl)C(O)c1ccc(Br)c(F)c1)c1cncnc1. The zero-order valence-electron chi connectivity index (χ0n) is 10.8. The quantitative estimate of drug-likeness (QED) is 0.602. The van der Waals surface area contributed by atoms with E-state index in [9.17, 15) is 14.3 Å². The van der Waals surface area contributed by atoms with Crippen LogP contribution < -0.4 is 5.32 Å². The highest BCUT2D eigenvalue weighted by molar-refractivity contribution is 9.10. The molecule has 0 aliphatic heterocycles. The van der Waals surface area contributed by atoms with E-state index >= 15 is 0 Å². The molecule has 1 amide bonds. The molecule has 0 aliphatic carbocycles. The Kier molecular flexibility index (Phi) is 5.33. The first-order chi connectivity index (χ1) is 10.3. The molecule has 1 atom stereocenters. The molecule has 1 aromatic carbocycles. The van der Waals surface area contributed by atoms with E-state index in [4.69, 9.17) is 23.2 Å². The predicted molar refractivity (Wildman–Crippen MR) is 83.0 cm³/mol. The zero-order chi connectivity index (χ0) is 16.3.